The van der Waals surface area contributed by atoms with Crippen molar-refractivity contribution < 1.29 is 4.79 Å². The van der Waals surface area contributed by atoms with E-state index in [1.807, 2.05) is 18.2 Å². The molecular weight excluding hydrogens is 248 g/mol. The van der Waals surface area contributed by atoms with Crippen molar-refractivity contribution in [3.63, 3.8) is 0 Å². The van der Waals surface area contributed by atoms with E-state index < -0.39 is 0 Å². The molecule has 3 rings (SSSR count). The number of thiazole rings is 1. The molecule has 0 bridgehead atoms. The highest BCUT2D eigenvalue weighted by atomic mass is 32.1. The predicted octanol–water partition coefficient (Wildman–Crippen LogP) is 2.34. The van der Waals surface area contributed by atoms with Crippen LogP contribution in [0.1, 0.15) is 10.5 Å². The summed E-state index contributed by atoms with van der Waals surface area (Å²) in [7, 11) is 0. The minimum absolute atomic E-state index is 0.280. The van der Waals surface area contributed by atoms with Gasteiger partial charge in [-0.05, 0) is 24.3 Å². The molecule has 0 aromatic carbocycles. The van der Waals surface area contributed by atoms with E-state index in [2.05, 4.69) is 20.3 Å². The van der Waals surface area contributed by atoms with Gasteiger partial charge in [-0.15, -0.1) is 11.3 Å². The molecule has 3 heterocycles. The van der Waals surface area contributed by atoms with E-state index in [9.17, 15) is 4.79 Å². The molecule has 0 saturated carbocycles. The van der Waals surface area contributed by atoms with E-state index in [0.29, 0.717) is 16.5 Å². The fourth-order valence-electron chi connectivity index (χ4n) is 1.53. The second-order valence-electron chi connectivity index (χ2n) is 3.54. The lowest BCUT2D eigenvalue weighted by molar-refractivity contribution is 0.102. The Morgan fingerprint density at radius 3 is 2.94 bits per heavy atom. The zero-order valence-electron chi connectivity index (χ0n) is 9.20. The van der Waals surface area contributed by atoms with Crippen molar-refractivity contribution in [2.75, 3.05) is 5.32 Å². The van der Waals surface area contributed by atoms with Gasteiger partial charge < -0.3 is 0 Å². The van der Waals surface area contributed by atoms with Gasteiger partial charge in [0, 0.05) is 23.2 Å². The molecule has 0 aliphatic heterocycles. The Morgan fingerprint density at radius 2 is 2.11 bits per heavy atom. The molecule has 5 nitrogen and oxygen atoms in total. The van der Waals surface area contributed by atoms with Gasteiger partial charge in [-0.3, -0.25) is 10.1 Å². The third-order valence-electron chi connectivity index (χ3n) is 2.35. The average Bonchev–Trinajstić information content (AvgIpc) is 2.91. The van der Waals surface area contributed by atoms with Crippen LogP contribution in [0.5, 0.6) is 0 Å². The van der Waals surface area contributed by atoms with Crippen LogP contribution in [-0.2, 0) is 0 Å². The van der Waals surface area contributed by atoms with Gasteiger partial charge in [0.15, 0.2) is 10.8 Å². The second-order valence-corrected chi connectivity index (χ2v) is 4.43. The first-order valence-corrected chi connectivity index (χ1v) is 6.13. The number of pyridine rings is 2. The molecule has 3 aromatic rings. The van der Waals surface area contributed by atoms with E-state index in [4.69, 9.17) is 0 Å². The van der Waals surface area contributed by atoms with Crippen LogP contribution in [0.3, 0.4) is 0 Å². The Balaban J connectivity index is 1.92. The maximum atomic E-state index is 11.9. The van der Waals surface area contributed by atoms with Gasteiger partial charge in [-0.25, -0.2) is 15.0 Å². The van der Waals surface area contributed by atoms with Crippen LogP contribution in [0, 0.1) is 0 Å². The van der Waals surface area contributed by atoms with Crippen molar-refractivity contribution in [1.82, 2.24) is 15.0 Å². The molecule has 0 saturated heterocycles. The number of fused-ring (bicyclic) bond motifs is 1. The van der Waals surface area contributed by atoms with Gasteiger partial charge in [-0.1, -0.05) is 0 Å². The van der Waals surface area contributed by atoms with E-state index >= 15 is 0 Å². The lowest BCUT2D eigenvalue weighted by atomic mass is 10.2. The molecule has 0 atom stereocenters. The Bertz CT molecular complexity index is 696. The monoisotopic (exact) mass is 256 g/mol. The molecule has 6 heteroatoms. The Labute approximate surface area is 107 Å². The van der Waals surface area contributed by atoms with Crippen molar-refractivity contribution in [2.45, 2.75) is 0 Å². The SMILES string of the molecule is O=C(Nc1nccs1)c1ccc2cccnc2n1. The first kappa shape index (κ1) is 10.8. The first-order chi connectivity index (χ1) is 8.83. The number of carbonyl (C=O) groups is 1. The smallest absolute Gasteiger partial charge is 0.276 e. The highest BCUT2D eigenvalue weighted by molar-refractivity contribution is 7.13. The molecule has 3 aromatic heterocycles. The molecule has 1 N–H and O–H groups in total. The number of hydrogen-bond donors (Lipinski definition) is 1. The number of nitrogens with zero attached hydrogens (tertiary/aromatic N) is 3. The quantitative estimate of drug-likeness (QED) is 0.764. The van der Waals surface area contributed by atoms with Crippen LogP contribution in [0.4, 0.5) is 5.13 Å². The van der Waals surface area contributed by atoms with Gasteiger partial charge in [-0.2, -0.15) is 0 Å². The largest absolute Gasteiger partial charge is 0.296 e. The van der Waals surface area contributed by atoms with Crippen LogP contribution in [0.25, 0.3) is 11.0 Å². The molecule has 18 heavy (non-hydrogen) atoms. The van der Waals surface area contributed by atoms with Gasteiger partial charge >= 0.3 is 0 Å². The minimum atomic E-state index is -0.280. The zero-order valence-corrected chi connectivity index (χ0v) is 10.0. The van der Waals surface area contributed by atoms with Crippen molar-refractivity contribution in [1.29, 1.82) is 0 Å². The van der Waals surface area contributed by atoms with Crippen LogP contribution in [-0.4, -0.2) is 20.9 Å². The maximum Gasteiger partial charge on any atom is 0.276 e. The van der Waals surface area contributed by atoms with Crippen LogP contribution >= 0.6 is 11.3 Å². The van der Waals surface area contributed by atoms with Crippen LogP contribution in [0.15, 0.2) is 42.0 Å². The number of nitrogens with one attached hydrogen (secondary N) is 1. The Kier molecular flexibility index (Phi) is 2.70. The van der Waals surface area contributed by atoms with E-state index in [1.165, 1.54) is 11.3 Å². The summed E-state index contributed by atoms with van der Waals surface area (Å²) in [5.74, 6) is -0.280. The van der Waals surface area contributed by atoms with Crippen molar-refractivity contribution >= 4 is 33.4 Å². The maximum absolute atomic E-state index is 11.9. The number of aromatic nitrogens is 3. The van der Waals surface area contributed by atoms with Crippen molar-refractivity contribution in [3.05, 3.63) is 47.7 Å². The number of hydrogen-bond acceptors (Lipinski definition) is 5. The van der Waals surface area contributed by atoms with Crippen molar-refractivity contribution in [3.8, 4) is 0 Å². The predicted molar refractivity (Wildman–Crippen MR) is 69.6 cm³/mol. The van der Waals surface area contributed by atoms with Gasteiger partial charge in [0.05, 0.1) is 0 Å². The fourth-order valence-corrected chi connectivity index (χ4v) is 2.05. The Hall–Kier alpha value is -2.34. The Morgan fingerprint density at radius 1 is 1.17 bits per heavy atom. The summed E-state index contributed by atoms with van der Waals surface area (Å²) in [6.07, 6.45) is 3.29. The third kappa shape index (κ3) is 2.05. The molecular formula is C12H8N4OS. The highest BCUT2D eigenvalue weighted by Crippen LogP contribution is 2.13. The summed E-state index contributed by atoms with van der Waals surface area (Å²) in [6, 6.07) is 7.23. The fraction of sp³-hybridized carbons (Fsp3) is 0. The summed E-state index contributed by atoms with van der Waals surface area (Å²) in [5.41, 5.74) is 0.890. The molecule has 0 unspecified atom stereocenters. The number of carbonyl (C=O) groups excluding carboxylic acids is 1. The summed E-state index contributed by atoms with van der Waals surface area (Å²) < 4.78 is 0. The summed E-state index contributed by atoms with van der Waals surface area (Å²) >= 11 is 1.36. The van der Waals surface area contributed by atoms with Gasteiger partial charge in [0.25, 0.3) is 5.91 Å². The molecule has 0 aliphatic carbocycles. The van der Waals surface area contributed by atoms with Crippen molar-refractivity contribution in [2.24, 2.45) is 0 Å². The molecule has 0 radical (unpaired) electrons. The average molecular weight is 256 g/mol. The molecule has 0 aliphatic rings. The lowest BCUT2D eigenvalue weighted by Crippen LogP contribution is -2.13. The number of anilines is 1. The summed E-state index contributed by atoms with van der Waals surface area (Å²) in [6.45, 7) is 0. The summed E-state index contributed by atoms with van der Waals surface area (Å²) in [4.78, 5) is 24.2. The summed E-state index contributed by atoms with van der Waals surface area (Å²) in [5, 5.41) is 5.94. The standard InChI is InChI=1S/C12H8N4OS/c17-11(16-12-14-6-7-18-12)9-4-3-8-2-1-5-13-10(8)15-9/h1-7H,(H,14,16,17). The molecule has 88 valence electrons. The molecule has 0 fully saturated rings. The number of rotatable bonds is 2. The topological polar surface area (TPSA) is 67.8 Å². The van der Waals surface area contributed by atoms with Crippen LogP contribution in [0.2, 0.25) is 0 Å². The number of amides is 1. The van der Waals surface area contributed by atoms with E-state index in [0.717, 1.165) is 5.39 Å². The first-order valence-electron chi connectivity index (χ1n) is 5.25. The van der Waals surface area contributed by atoms with E-state index in [1.54, 1.807) is 23.8 Å². The van der Waals surface area contributed by atoms with Gasteiger partial charge in [0.1, 0.15) is 5.69 Å². The molecule has 1 amide bonds. The van der Waals surface area contributed by atoms with Crippen LogP contribution < -0.4 is 5.32 Å². The normalized spacial score (nSPS) is 10.4. The van der Waals surface area contributed by atoms with E-state index in [-0.39, 0.29) is 5.91 Å². The lowest BCUT2D eigenvalue weighted by Gasteiger charge is -2.02. The highest BCUT2D eigenvalue weighted by Gasteiger charge is 2.09. The molecule has 0 spiro atoms. The minimum Gasteiger partial charge on any atom is -0.296 e. The second kappa shape index (κ2) is 4.50. The third-order valence-corrected chi connectivity index (χ3v) is 3.04. The van der Waals surface area contributed by atoms with Gasteiger partial charge in [0.2, 0.25) is 0 Å². The zero-order chi connectivity index (χ0) is 12.4.